The summed E-state index contributed by atoms with van der Waals surface area (Å²) < 4.78 is 0. The molecule has 0 saturated heterocycles. The number of hydrogen-bond acceptors (Lipinski definition) is 0. The summed E-state index contributed by atoms with van der Waals surface area (Å²) in [5, 5.41) is 0. The molecule has 36 heavy (non-hydrogen) atoms. The van der Waals surface area contributed by atoms with E-state index in [9.17, 15) is 0 Å². The maximum absolute atomic E-state index is 2.53. The van der Waals surface area contributed by atoms with Crippen LogP contribution in [0.25, 0.3) is 16.7 Å². The minimum atomic E-state index is 0.778. The van der Waals surface area contributed by atoms with Gasteiger partial charge < -0.3 is 0 Å². The second-order valence-electron chi connectivity index (χ2n) is 12.2. The first-order valence-electron chi connectivity index (χ1n) is 15.6. The summed E-state index contributed by atoms with van der Waals surface area (Å²) in [5.74, 6) is 3.54. The molecule has 0 spiro atoms. The Balaban J connectivity index is 1.25. The first kappa shape index (κ1) is 27.2. The van der Waals surface area contributed by atoms with Gasteiger partial charge in [0.25, 0.3) is 0 Å². The van der Waals surface area contributed by atoms with Crippen molar-refractivity contribution in [2.75, 3.05) is 0 Å². The molecule has 2 aliphatic rings. The lowest BCUT2D eigenvalue weighted by molar-refractivity contribution is 0.302. The van der Waals surface area contributed by atoms with Crippen LogP contribution in [0.15, 0.2) is 54.6 Å². The van der Waals surface area contributed by atoms with Crippen molar-refractivity contribution in [2.45, 2.75) is 123 Å². The SMILES string of the molecule is CCCCCCCC1CCC(c2ccc(-c3ccc(C4=CCC(CC(C)CC)CC4)cc3)cc2)CC1. The van der Waals surface area contributed by atoms with Gasteiger partial charge in [-0.1, -0.05) is 120 Å². The van der Waals surface area contributed by atoms with Gasteiger partial charge in [0.05, 0.1) is 0 Å². The zero-order valence-electron chi connectivity index (χ0n) is 23.6. The Morgan fingerprint density at radius 2 is 1.33 bits per heavy atom. The Morgan fingerprint density at radius 3 is 1.94 bits per heavy atom. The van der Waals surface area contributed by atoms with Crippen LogP contribution in [-0.2, 0) is 0 Å². The van der Waals surface area contributed by atoms with Crippen LogP contribution in [-0.4, -0.2) is 0 Å². The number of unbranched alkanes of at least 4 members (excludes halogenated alkanes) is 4. The third-order valence-electron chi connectivity index (χ3n) is 9.49. The zero-order valence-corrected chi connectivity index (χ0v) is 23.6. The van der Waals surface area contributed by atoms with E-state index in [-0.39, 0.29) is 0 Å². The molecule has 0 aromatic heterocycles. The smallest absolute Gasteiger partial charge is 0.0162 e. The van der Waals surface area contributed by atoms with Crippen LogP contribution in [0.1, 0.15) is 134 Å². The molecule has 0 amide bonds. The topological polar surface area (TPSA) is 0 Å². The standard InChI is InChI=1S/C36H52/c1-4-6-7-8-9-10-29-11-15-31(16-12-29)33-19-23-35(24-20-33)36-25-21-34(22-26-36)32-17-13-30(14-18-32)27-28(3)5-2/h17,19-26,28-31H,4-16,18,27H2,1-3H3. The van der Waals surface area contributed by atoms with E-state index in [0.717, 1.165) is 23.7 Å². The van der Waals surface area contributed by atoms with Gasteiger partial charge in [0, 0.05) is 0 Å². The van der Waals surface area contributed by atoms with Crippen molar-refractivity contribution in [1.29, 1.82) is 0 Å². The van der Waals surface area contributed by atoms with E-state index in [1.165, 1.54) is 113 Å². The number of benzene rings is 2. The fourth-order valence-electron chi connectivity index (χ4n) is 6.75. The predicted octanol–water partition coefficient (Wildman–Crippen LogP) is 11.6. The van der Waals surface area contributed by atoms with Crippen LogP contribution < -0.4 is 0 Å². The van der Waals surface area contributed by atoms with Gasteiger partial charge in [-0.25, -0.2) is 0 Å². The van der Waals surface area contributed by atoms with Crippen molar-refractivity contribution in [3.05, 3.63) is 65.7 Å². The highest BCUT2D eigenvalue weighted by Gasteiger charge is 2.22. The Labute approximate surface area is 223 Å². The lowest BCUT2D eigenvalue weighted by Gasteiger charge is -2.29. The molecule has 196 valence electrons. The molecule has 0 nitrogen and oxygen atoms in total. The fourth-order valence-corrected chi connectivity index (χ4v) is 6.75. The molecule has 2 unspecified atom stereocenters. The molecule has 0 aliphatic heterocycles. The number of allylic oxidation sites excluding steroid dienone is 2. The number of hydrogen-bond donors (Lipinski definition) is 0. The van der Waals surface area contributed by atoms with Gasteiger partial charge in [0.15, 0.2) is 0 Å². The first-order valence-corrected chi connectivity index (χ1v) is 15.6. The first-order chi connectivity index (χ1) is 17.7. The van der Waals surface area contributed by atoms with Crippen LogP contribution in [0.4, 0.5) is 0 Å². The second-order valence-corrected chi connectivity index (χ2v) is 12.2. The average molecular weight is 485 g/mol. The van der Waals surface area contributed by atoms with Crippen LogP contribution in [0.3, 0.4) is 0 Å². The molecule has 0 bridgehead atoms. The summed E-state index contributed by atoms with van der Waals surface area (Å²) in [6.07, 6.45) is 23.4. The summed E-state index contributed by atoms with van der Waals surface area (Å²) in [6, 6.07) is 18.9. The molecule has 0 N–H and O–H groups in total. The van der Waals surface area contributed by atoms with E-state index < -0.39 is 0 Å². The van der Waals surface area contributed by atoms with Gasteiger partial charge >= 0.3 is 0 Å². The Bertz CT molecular complexity index is 908. The minimum Gasteiger partial charge on any atom is -0.0804 e. The summed E-state index contributed by atoms with van der Waals surface area (Å²) in [5.41, 5.74) is 7.27. The molecule has 2 aromatic carbocycles. The molecule has 2 aromatic rings. The largest absolute Gasteiger partial charge is 0.0804 e. The predicted molar refractivity (Wildman–Crippen MR) is 159 cm³/mol. The molecule has 2 atom stereocenters. The summed E-state index contributed by atoms with van der Waals surface area (Å²) in [7, 11) is 0. The molecule has 0 heterocycles. The normalized spacial score (nSPS) is 23.3. The Kier molecular flexibility index (Phi) is 10.7. The number of rotatable bonds is 12. The van der Waals surface area contributed by atoms with Gasteiger partial charge in [-0.3, -0.25) is 0 Å². The molecule has 0 heteroatoms. The van der Waals surface area contributed by atoms with E-state index in [2.05, 4.69) is 75.4 Å². The van der Waals surface area contributed by atoms with Gasteiger partial charge in [-0.05, 0) is 103 Å². The van der Waals surface area contributed by atoms with Crippen LogP contribution >= 0.6 is 0 Å². The van der Waals surface area contributed by atoms with Crippen LogP contribution in [0.5, 0.6) is 0 Å². The molecular weight excluding hydrogens is 432 g/mol. The maximum Gasteiger partial charge on any atom is -0.0162 e. The van der Waals surface area contributed by atoms with Gasteiger partial charge in [0.2, 0.25) is 0 Å². The fraction of sp³-hybridized carbons (Fsp3) is 0.611. The monoisotopic (exact) mass is 484 g/mol. The van der Waals surface area contributed by atoms with Crippen molar-refractivity contribution in [2.24, 2.45) is 17.8 Å². The maximum atomic E-state index is 2.53. The highest BCUT2D eigenvalue weighted by Crippen LogP contribution is 2.39. The third-order valence-corrected chi connectivity index (χ3v) is 9.49. The van der Waals surface area contributed by atoms with Crippen molar-refractivity contribution in [3.63, 3.8) is 0 Å². The van der Waals surface area contributed by atoms with E-state index in [1.54, 1.807) is 11.1 Å². The molecule has 0 radical (unpaired) electrons. The summed E-state index contributed by atoms with van der Waals surface area (Å²) in [6.45, 7) is 7.04. The molecule has 1 fully saturated rings. The van der Waals surface area contributed by atoms with E-state index >= 15 is 0 Å². The molecular formula is C36H52. The van der Waals surface area contributed by atoms with E-state index in [1.807, 2.05) is 0 Å². The van der Waals surface area contributed by atoms with Crippen LogP contribution in [0.2, 0.25) is 0 Å². The van der Waals surface area contributed by atoms with Crippen LogP contribution in [0, 0.1) is 17.8 Å². The highest BCUT2D eigenvalue weighted by molar-refractivity contribution is 5.71. The zero-order chi connectivity index (χ0) is 25.2. The highest BCUT2D eigenvalue weighted by atomic mass is 14.3. The molecule has 4 rings (SSSR count). The minimum absolute atomic E-state index is 0.778. The lowest BCUT2D eigenvalue weighted by atomic mass is 9.77. The van der Waals surface area contributed by atoms with E-state index in [4.69, 9.17) is 0 Å². The Hall–Kier alpha value is -1.82. The van der Waals surface area contributed by atoms with Crippen molar-refractivity contribution >= 4 is 5.57 Å². The lowest BCUT2D eigenvalue weighted by Crippen LogP contribution is -2.13. The van der Waals surface area contributed by atoms with Gasteiger partial charge in [0.1, 0.15) is 0 Å². The summed E-state index contributed by atoms with van der Waals surface area (Å²) >= 11 is 0. The summed E-state index contributed by atoms with van der Waals surface area (Å²) in [4.78, 5) is 0. The second kappa shape index (κ2) is 14.2. The van der Waals surface area contributed by atoms with Crippen molar-refractivity contribution in [3.8, 4) is 11.1 Å². The van der Waals surface area contributed by atoms with Crippen molar-refractivity contribution in [1.82, 2.24) is 0 Å². The van der Waals surface area contributed by atoms with E-state index in [0.29, 0.717) is 0 Å². The van der Waals surface area contributed by atoms with Gasteiger partial charge in [-0.15, -0.1) is 0 Å². The third kappa shape index (κ3) is 7.84. The molecule has 2 aliphatic carbocycles. The van der Waals surface area contributed by atoms with Crippen molar-refractivity contribution < 1.29 is 0 Å². The Morgan fingerprint density at radius 1 is 0.694 bits per heavy atom. The quantitative estimate of drug-likeness (QED) is 0.263. The average Bonchev–Trinajstić information content (AvgIpc) is 2.94. The van der Waals surface area contributed by atoms with Gasteiger partial charge in [-0.2, -0.15) is 0 Å². The molecule has 1 saturated carbocycles.